The summed E-state index contributed by atoms with van der Waals surface area (Å²) in [4.78, 5) is 31.3. The SMILES string of the molecule is CC(C)(CCn1cnc(-c2ccc(C(=O)Nc3ncc([N+](=O)[O-])s3)cc2)c1)NC[C@H](O)c1cccc(NS(=O)(=O)c2ccccc2)c1. The van der Waals surface area contributed by atoms with Crippen LogP contribution < -0.4 is 15.4 Å². The molecule has 0 saturated carbocycles. The lowest BCUT2D eigenvalue weighted by Crippen LogP contribution is -2.42. The van der Waals surface area contributed by atoms with Crippen LogP contribution in [0.1, 0.15) is 42.3 Å². The van der Waals surface area contributed by atoms with E-state index in [0.29, 0.717) is 23.4 Å². The Morgan fingerprint density at radius 1 is 1.06 bits per heavy atom. The van der Waals surface area contributed by atoms with Crippen molar-refractivity contribution >= 4 is 43.1 Å². The molecule has 3 aromatic carbocycles. The van der Waals surface area contributed by atoms with Crippen molar-refractivity contribution in [3.63, 3.8) is 0 Å². The van der Waals surface area contributed by atoms with E-state index in [0.717, 1.165) is 35.2 Å². The van der Waals surface area contributed by atoms with Crippen LogP contribution in [0.4, 0.5) is 15.8 Å². The third kappa shape index (κ3) is 8.86. The van der Waals surface area contributed by atoms with E-state index in [2.05, 4.69) is 25.3 Å². The zero-order valence-electron chi connectivity index (χ0n) is 25.5. The van der Waals surface area contributed by atoms with Crippen molar-refractivity contribution in [2.75, 3.05) is 16.6 Å². The van der Waals surface area contributed by atoms with Gasteiger partial charge in [0.1, 0.15) is 6.20 Å². The number of aliphatic hydroxyl groups is 1. The third-order valence-electron chi connectivity index (χ3n) is 7.32. The minimum Gasteiger partial charge on any atom is -0.387 e. The molecule has 5 rings (SSSR count). The van der Waals surface area contributed by atoms with E-state index >= 15 is 0 Å². The number of carbonyl (C=O) groups is 1. The molecule has 1 atom stereocenters. The molecular formula is C32H33N7O6S2. The minimum atomic E-state index is -3.75. The number of hydrogen-bond donors (Lipinski definition) is 4. The highest BCUT2D eigenvalue weighted by molar-refractivity contribution is 7.92. The molecule has 2 heterocycles. The molecular weight excluding hydrogens is 643 g/mol. The monoisotopic (exact) mass is 675 g/mol. The third-order valence-corrected chi connectivity index (χ3v) is 9.58. The number of rotatable bonds is 14. The van der Waals surface area contributed by atoms with Crippen LogP contribution in [0.15, 0.2) is 102 Å². The number of β-amino-alcohol motifs (C(OH)–C–C–N with tert-alkyl or cyclic N) is 1. The second-order valence-electron chi connectivity index (χ2n) is 11.4. The molecule has 4 N–H and O–H groups in total. The number of imidazole rings is 1. The van der Waals surface area contributed by atoms with Crippen LogP contribution in [0.2, 0.25) is 0 Å². The van der Waals surface area contributed by atoms with E-state index in [1.54, 1.807) is 73.1 Å². The van der Waals surface area contributed by atoms with Gasteiger partial charge in [0, 0.05) is 41.6 Å². The quantitative estimate of drug-likeness (QED) is 0.0878. The zero-order chi connectivity index (χ0) is 33.6. The normalized spacial score (nSPS) is 12.4. The fraction of sp³-hybridized carbons (Fsp3) is 0.219. The molecule has 0 aliphatic carbocycles. The van der Waals surface area contributed by atoms with Gasteiger partial charge in [0.2, 0.25) is 0 Å². The smallest absolute Gasteiger partial charge is 0.345 e. The Morgan fingerprint density at radius 2 is 1.81 bits per heavy atom. The van der Waals surface area contributed by atoms with E-state index in [-0.39, 0.29) is 27.1 Å². The first-order valence-corrected chi connectivity index (χ1v) is 16.8. The van der Waals surface area contributed by atoms with Crippen LogP contribution in [0.3, 0.4) is 0 Å². The van der Waals surface area contributed by atoms with Gasteiger partial charge in [-0.3, -0.25) is 24.9 Å². The summed E-state index contributed by atoms with van der Waals surface area (Å²) in [5, 5.41) is 27.7. The summed E-state index contributed by atoms with van der Waals surface area (Å²) >= 11 is 0.785. The standard InChI is InChI=1S/C32H33N7O6S2/c1-32(2,35-18-28(40)24-7-6-8-25(17-24)37-47(44,45)26-9-4-3-5-10-26)15-16-38-20-27(34-21-38)22-11-13-23(14-12-22)30(41)36-31-33-19-29(46-31)39(42)43/h3-14,17,19-21,28,35,37,40H,15-16,18H2,1-2H3,(H,33,36,41)/t28-/m0/s1. The highest BCUT2D eigenvalue weighted by atomic mass is 32.2. The highest BCUT2D eigenvalue weighted by Crippen LogP contribution is 2.26. The number of nitro groups is 1. The Morgan fingerprint density at radius 3 is 2.51 bits per heavy atom. The maximum Gasteiger partial charge on any atom is 0.345 e. The molecule has 0 aliphatic heterocycles. The number of nitrogens with zero attached hydrogens (tertiary/aromatic N) is 4. The molecule has 13 nitrogen and oxygen atoms in total. The molecule has 47 heavy (non-hydrogen) atoms. The van der Waals surface area contributed by atoms with Crippen LogP contribution in [0.25, 0.3) is 11.3 Å². The number of carbonyl (C=O) groups excluding carboxylic acids is 1. The predicted octanol–water partition coefficient (Wildman–Crippen LogP) is 5.46. The van der Waals surface area contributed by atoms with Gasteiger partial charge >= 0.3 is 5.00 Å². The maximum absolute atomic E-state index is 12.7. The number of amides is 1. The summed E-state index contributed by atoms with van der Waals surface area (Å²) in [5.41, 5.74) is 2.53. The van der Waals surface area contributed by atoms with Gasteiger partial charge < -0.3 is 15.0 Å². The number of hydrogen-bond acceptors (Lipinski definition) is 10. The van der Waals surface area contributed by atoms with Gasteiger partial charge in [-0.1, -0.05) is 42.5 Å². The Labute approximate surface area is 275 Å². The number of aliphatic hydroxyl groups excluding tert-OH is 1. The van der Waals surface area contributed by atoms with Crippen LogP contribution in [-0.4, -0.2) is 51.0 Å². The van der Waals surface area contributed by atoms with Gasteiger partial charge in [0.05, 0.1) is 27.9 Å². The van der Waals surface area contributed by atoms with Gasteiger partial charge in [-0.15, -0.1) is 0 Å². The van der Waals surface area contributed by atoms with E-state index < -0.39 is 27.0 Å². The summed E-state index contributed by atoms with van der Waals surface area (Å²) in [6.07, 6.45) is 4.61. The first kappa shape index (κ1) is 33.4. The number of sulfonamides is 1. The molecule has 0 unspecified atom stereocenters. The molecule has 0 spiro atoms. The van der Waals surface area contributed by atoms with E-state index in [1.165, 1.54) is 12.1 Å². The maximum atomic E-state index is 12.7. The van der Waals surface area contributed by atoms with Gasteiger partial charge in [0.25, 0.3) is 15.9 Å². The molecule has 0 bridgehead atoms. The van der Waals surface area contributed by atoms with E-state index in [9.17, 15) is 28.4 Å². The fourth-order valence-electron chi connectivity index (χ4n) is 4.61. The average Bonchev–Trinajstić information content (AvgIpc) is 3.74. The lowest BCUT2D eigenvalue weighted by Gasteiger charge is -2.28. The molecule has 1 amide bonds. The lowest BCUT2D eigenvalue weighted by atomic mass is 9.99. The predicted molar refractivity (Wildman–Crippen MR) is 180 cm³/mol. The first-order chi connectivity index (χ1) is 22.4. The second-order valence-corrected chi connectivity index (χ2v) is 14.1. The van der Waals surface area contributed by atoms with Crippen molar-refractivity contribution in [2.45, 2.75) is 43.4 Å². The van der Waals surface area contributed by atoms with Crippen molar-refractivity contribution in [1.82, 2.24) is 19.9 Å². The Kier molecular flexibility index (Phi) is 10.1. The fourth-order valence-corrected chi connectivity index (χ4v) is 6.31. The average molecular weight is 676 g/mol. The number of aryl methyl sites for hydroxylation is 1. The Balaban J connectivity index is 1.11. The van der Waals surface area contributed by atoms with Crippen LogP contribution >= 0.6 is 11.3 Å². The highest BCUT2D eigenvalue weighted by Gasteiger charge is 2.21. The van der Waals surface area contributed by atoms with Crippen molar-refractivity contribution in [2.24, 2.45) is 0 Å². The summed E-state index contributed by atoms with van der Waals surface area (Å²) in [5.74, 6) is -0.424. The topological polar surface area (TPSA) is 181 Å². The van der Waals surface area contributed by atoms with Gasteiger partial charge in [-0.2, -0.15) is 0 Å². The summed E-state index contributed by atoms with van der Waals surface area (Å²) in [6, 6.07) is 21.7. The van der Waals surface area contributed by atoms with Gasteiger partial charge in [0.15, 0.2) is 5.13 Å². The molecule has 0 saturated heterocycles. The summed E-state index contributed by atoms with van der Waals surface area (Å²) in [6.45, 7) is 4.99. The molecule has 0 aliphatic rings. The summed E-state index contributed by atoms with van der Waals surface area (Å²) < 4.78 is 29.9. The first-order valence-electron chi connectivity index (χ1n) is 14.5. The Hall–Kier alpha value is -4.96. The van der Waals surface area contributed by atoms with Crippen LogP contribution in [0.5, 0.6) is 0 Å². The minimum absolute atomic E-state index is 0.148. The number of aromatic nitrogens is 3. The number of nitrogens with one attached hydrogen (secondary N) is 3. The molecule has 244 valence electrons. The lowest BCUT2D eigenvalue weighted by molar-refractivity contribution is -0.380. The summed E-state index contributed by atoms with van der Waals surface area (Å²) in [7, 11) is -3.75. The molecule has 5 aromatic rings. The van der Waals surface area contributed by atoms with Crippen molar-refractivity contribution in [1.29, 1.82) is 0 Å². The molecule has 15 heteroatoms. The zero-order valence-corrected chi connectivity index (χ0v) is 27.2. The van der Waals surface area contributed by atoms with Crippen LogP contribution in [0, 0.1) is 10.1 Å². The van der Waals surface area contributed by atoms with Gasteiger partial charge in [-0.05, 0) is 73.6 Å². The van der Waals surface area contributed by atoms with E-state index in [4.69, 9.17) is 0 Å². The second kappa shape index (κ2) is 14.2. The van der Waals surface area contributed by atoms with Crippen molar-refractivity contribution in [3.8, 4) is 11.3 Å². The van der Waals surface area contributed by atoms with Crippen LogP contribution in [-0.2, 0) is 16.6 Å². The molecule has 2 aromatic heterocycles. The number of anilines is 2. The largest absolute Gasteiger partial charge is 0.387 e. The van der Waals surface area contributed by atoms with Crippen molar-refractivity contribution < 1.29 is 23.2 Å². The molecule has 0 fully saturated rings. The molecule has 0 radical (unpaired) electrons. The van der Waals surface area contributed by atoms with Gasteiger partial charge in [-0.25, -0.2) is 18.4 Å². The number of thiazole rings is 1. The Bertz CT molecular complexity index is 1960. The van der Waals surface area contributed by atoms with Crippen molar-refractivity contribution in [3.05, 3.63) is 119 Å². The number of benzene rings is 3. The van der Waals surface area contributed by atoms with E-state index in [1.807, 2.05) is 24.6 Å².